The van der Waals surface area contributed by atoms with Crippen molar-refractivity contribution in [3.63, 3.8) is 0 Å². The van der Waals surface area contributed by atoms with Crippen molar-refractivity contribution in [2.75, 3.05) is 5.32 Å². The number of pyridine rings is 1. The first-order chi connectivity index (χ1) is 9.95. The normalized spacial score (nSPS) is 26.9. The lowest BCUT2D eigenvalue weighted by atomic mass is 9.68. The number of anilines is 1. The average molecular weight is 290 g/mol. The van der Waals surface area contributed by atoms with Gasteiger partial charge in [0.05, 0.1) is 0 Å². The molecule has 1 fully saturated rings. The molecule has 0 saturated heterocycles. The van der Waals surface area contributed by atoms with E-state index >= 15 is 0 Å². The quantitative estimate of drug-likeness (QED) is 0.719. The topological polar surface area (TPSA) is 111 Å². The molecule has 0 bridgehead atoms. The Hall–Kier alpha value is -1.95. The molecule has 1 aromatic heterocycles. The van der Waals surface area contributed by atoms with E-state index in [1.54, 1.807) is 24.5 Å². The van der Waals surface area contributed by atoms with Gasteiger partial charge in [-0.3, -0.25) is 14.6 Å². The second-order valence-corrected chi connectivity index (χ2v) is 5.83. The van der Waals surface area contributed by atoms with Crippen LogP contribution in [-0.2, 0) is 9.59 Å². The van der Waals surface area contributed by atoms with Crippen LogP contribution in [0.25, 0.3) is 0 Å². The first-order valence-electron chi connectivity index (χ1n) is 7.22. The van der Waals surface area contributed by atoms with E-state index in [-0.39, 0.29) is 11.9 Å². The number of aromatic nitrogens is 1. The highest BCUT2D eigenvalue weighted by Crippen LogP contribution is 2.40. The molecule has 2 amide bonds. The number of hydrogen-bond acceptors (Lipinski definition) is 4. The molecular formula is C15H22N4O2. The maximum atomic E-state index is 12.5. The number of rotatable bonds is 4. The summed E-state index contributed by atoms with van der Waals surface area (Å²) < 4.78 is 0. The molecule has 1 aliphatic rings. The standard InChI is InChI=1S/C15H22N4O2/c1-10(16)11-2-6-15(7-3-11,13(17)20)14(21)19-12-4-8-18-9-5-12/h4-5,8-11H,2-3,6-7,16H2,1H3,(H2,17,20)(H,18,19,21)/t10?,11-,15-. The minimum atomic E-state index is -1.13. The first kappa shape index (κ1) is 15.4. The maximum Gasteiger partial charge on any atom is 0.240 e. The summed E-state index contributed by atoms with van der Waals surface area (Å²) in [7, 11) is 0. The Morgan fingerprint density at radius 1 is 1.33 bits per heavy atom. The van der Waals surface area contributed by atoms with Gasteiger partial charge >= 0.3 is 0 Å². The molecule has 114 valence electrons. The lowest BCUT2D eigenvalue weighted by Crippen LogP contribution is -2.50. The van der Waals surface area contributed by atoms with Crippen molar-refractivity contribution in [1.29, 1.82) is 0 Å². The highest BCUT2D eigenvalue weighted by Gasteiger charge is 2.47. The number of hydrogen-bond donors (Lipinski definition) is 3. The fourth-order valence-corrected chi connectivity index (χ4v) is 2.93. The molecule has 0 spiro atoms. The summed E-state index contributed by atoms with van der Waals surface area (Å²) in [4.78, 5) is 28.3. The molecule has 0 radical (unpaired) electrons. The van der Waals surface area contributed by atoms with Crippen LogP contribution in [0.5, 0.6) is 0 Å². The minimum Gasteiger partial charge on any atom is -0.369 e. The molecule has 21 heavy (non-hydrogen) atoms. The average Bonchev–Trinajstić information content (AvgIpc) is 2.48. The van der Waals surface area contributed by atoms with Crippen LogP contribution in [0.1, 0.15) is 32.6 Å². The van der Waals surface area contributed by atoms with Crippen molar-refractivity contribution in [3.8, 4) is 0 Å². The van der Waals surface area contributed by atoms with Crippen molar-refractivity contribution in [1.82, 2.24) is 4.98 Å². The third-order valence-corrected chi connectivity index (χ3v) is 4.47. The van der Waals surface area contributed by atoms with E-state index in [0.29, 0.717) is 24.4 Å². The van der Waals surface area contributed by atoms with Gasteiger partial charge in [-0.1, -0.05) is 0 Å². The Balaban J connectivity index is 2.12. The highest BCUT2D eigenvalue weighted by atomic mass is 16.2. The smallest absolute Gasteiger partial charge is 0.240 e. The molecule has 5 N–H and O–H groups in total. The Morgan fingerprint density at radius 3 is 2.38 bits per heavy atom. The number of nitrogens with zero attached hydrogens (tertiary/aromatic N) is 1. The zero-order chi connectivity index (χ0) is 15.5. The van der Waals surface area contributed by atoms with Gasteiger partial charge in [-0.05, 0) is 50.7 Å². The molecule has 1 heterocycles. The summed E-state index contributed by atoms with van der Waals surface area (Å²) in [5, 5.41) is 2.77. The van der Waals surface area contributed by atoms with Crippen molar-refractivity contribution in [2.24, 2.45) is 22.8 Å². The first-order valence-corrected chi connectivity index (χ1v) is 7.22. The van der Waals surface area contributed by atoms with Crippen LogP contribution in [0.2, 0.25) is 0 Å². The number of nitrogens with one attached hydrogen (secondary N) is 1. The number of carbonyl (C=O) groups is 2. The van der Waals surface area contributed by atoms with Crippen LogP contribution in [0, 0.1) is 11.3 Å². The zero-order valence-electron chi connectivity index (χ0n) is 12.2. The molecule has 2 rings (SSSR count). The van der Waals surface area contributed by atoms with Gasteiger partial charge in [0.1, 0.15) is 5.41 Å². The fraction of sp³-hybridized carbons (Fsp3) is 0.533. The van der Waals surface area contributed by atoms with Crippen LogP contribution < -0.4 is 16.8 Å². The van der Waals surface area contributed by atoms with Crippen molar-refractivity contribution in [3.05, 3.63) is 24.5 Å². The Labute approximate surface area is 124 Å². The van der Waals surface area contributed by atoms with Crippen molar-refractivity contribution < 1.29 is 9.59 Å². The Bertz CT molecular complexity index is 508. The van der Waals surface area contributed by atoms with Gasteiger partial charge in [0.15, 0.2) is 0 Å². The molecule has 0 aromatic carbocycles. The zero-order valence-corrected chi connectivity index (χ0v) is 12.2. The molecule has 0 aliphatic heterocycles. The van der Waals surface area contributed by atoms with Crippen LogP contribution in [0.15, 0.2) is 24.5 Å². The molecule has 1 unspecified atom stereocenters. The largest absolute Gasteiger partial charge is 0.369 e. The summed E-state index contributed by atoms with van der Waals surface area (Å²) >= 11 is 0. The van der Waals surface area contributed by atoms with Crippen LogP contribution in [-0.4, -0.2) is 22.8 Å². The Morgan fingerprint density at radius 2 is 1.90 bits per heavy atom. The summed E-state index contributed by atoms with van der Waals surface area (Å²) in [6.45, 7) is 1.96. The van der Waals surface area contributed by atoms with Gasteiger partial charge in [0, 0.05) is 24.1 Å². The molecule has 1 atom stereocenters. The fourth-order valence-electron chi connectivity index (χ4n) is 2.93. The van der Waals surface area contributed by atoms with Crippen molar-refractivity contribution in [2.45, 2.75) is 38.6 Å². The summed E-state index contributed by atoms with van der Waals surface area (Å²) in [6, 6.07) is 3.43. The molecule has 1 aliphatic carbocycles. The van der Waals surface area contributed by atoms with Gasteiger partial charge in [0.2, 0.25) is 11.8 Å². The van der Waals surface area contributed by atoms with Crippen molar-refractivity contribution >= 4 is 17.5 Å². The van der Waals surface area contributed by atoms with E-state index in [0.717, 1.165) is 12.8 Å². The second-order valence-electron chi connectivity index (χ2n) is 5.83. The summed E-state index contributed by atoms with van der Waals surface area (Å²) in [6.07, 6.45) is 5.55. The third-order valence-electron chi connectivity index (χ3n) is 4.47. The maximum absolute atomic E-state index is 12.5. The molecule has 6 heteroatoms. The van der Waals surface area contributed by atoms with Gasteiger partial charge in [-0.25, -0.2) is 0 Å². The summed E-state index contributed by atoms with van der Waals surface area (Å²) in [5.74, 6) is -0.548. The lowest BCUT2D eigenvalue weighted by Gasteiger charge is -2.37. The van der Waals surface area contributed by atoms with Crippen LogP contribution in [0.4, 0.5) is 5.69 Å². The SMILES string of the molecule is CC(N)[C@H]1CC[C@](C(N)=O)(C(=O)Nc2ccncc2)CC1. The number of carbonyl (C=O) groups excluding carboxylic acids is 2. The van der Waals surface area contributed by atoms with E-state index in [1.165, 1.54) is 0 Å². The monoisotopic (exact) mass is 290 g/mol. The van der Waals surface area contributed by atoms with Gasteiger partial charge in [0.25, 0.3) is 0 Å². The minimum absolute atomic E-state index is 0.0686. The van der Waals surface area contributed by atoms with Gasteiger partial charge < -0.3 is 16.8 Å². The summed E-state index contributed by atoms with van der Waals surface area (Å²) in [5.41, 5.74) is 10.9. The molecular weight excluding hydrogens is 268 g/mol. The number of primary amides is 1. The number of nitrogens with two attached hydrogens (primary N) is 2. The van der Waals surface area contributed by atoms with E-state index < -0.39 is 11.3 Å². The highest BCUT2D eigenvalue weighted by molar-refractivity contribution is 6.10. The third kappa shape index (κ3) is 3.21. The van der Waals surface area contributed by atoms with E-state index in [9.17, 15) is 9.59 Å². The van der Waals surface area contributed by atoms with E-state index in [1.807, 2.05) is 6.92 Å². The predicted octanol–water partition coefficient (Wildman–Crippen LogP) is 1.03. The van der Waals surface area contributed by atoms with Crippen LogP contribution >= 0.6 is 0 Å². The van der Waals surface area contributed by atoms with E-state index in [2.05, 4.69) is 10.3 Å². The number of amides is 2. The lowest BCUT2D eigenvalue weighted by molar-refractivity contribution is -0.141. The van der Waals surface area contributed by atoms with E-state index in [4.69, 9.17) is 11.5 Å². The van der Waals surface area contributed by atoms with Gasteiger partial charge in [-0.2, -0.15) is 0 Å². The van der Waals surface area contributed by atoms with Crippen LogP contribution in [0.3, 0.4) is 0 Å². The van der Waals surface area contributed by atoms with Gasteiger partial charge in [-0.15, -0.1) is 0 Å². The predicted molar refractivity (Wildman–Crippen MR) is 80.1 cm³/mol. The molecule has 1 aromatic rings. The second kappa shape index (κ2) is 6.22. The molecule has 1 saturated carbocycles. The molecule has 6 nitrogen and oxygen atoms in total. The Kier molecular flexibility index (Phi) is 4.57.